The number of benzene rings is 8. The normalized spacial score (nSPS) is 11.3. The quantitative estimate of drug-likeness (QED) is 0.171. The van der Waals surface area contributed by atoms with Crippen molar-refractivity contribution in [3.63, 3.8) is 0 Å². The van der Waals surface area contributed by atoms with Gasteiger partial charge in [-0.3, -0.25) is 0 Å². The van der Waals surface area contributed by atoms with Crippen molar-refractivity contribution in [3.05, 3.63) is 188 Å². The second-order valence-electron chi connectivity index (χ2n) is 11.3. The SMILES string of the molecule is [3H]c1cccc(N(c2ccccc2)c2ccc(Oc3cccc(-c4c5ccccc5c(-c5ccccc5)c5ccccc45)c3)cc2)c1. The minimum atomic E-state index is 0.471. The van der Waals surface area contributed by atoms with Crippen molar-refractivity contribution < 1.29 is 6.11 Å². The molecule has 218 valence electrons. The van der Waals surface area contributed by atoms with Gasteiger partial charge in [0.15, 0.2) is 0 Å². The van der Waals surface area contributed by atoms with Crippen LogP contribution in [-0.2, 0) is 0 Å². The van der Waals surface area contributed by atoms with Gasteiger partial charge in [0, 0.05) is 17.1 Å². The summed E-state index contributed by atoms with van der Waals surface area (Å²) in [4.78, 5) is 2.15. The summed E-state index contributed by atoms with van der Waals surface area (Å²) in [6, 6.07) is 62.9. The summed E-state index contributed by atoms with van der Waals surface area (Å²) < 4.78 is 14.7. The van der Waals surface area contributed by atoms with E-state index in [2.05, 4.69) is 126 Å². The van der Waals surface area contributed by atoms with Gasteiger partial charge in [-0.15, -0.1) is 0 Å². The molecule has 0 saturated carbocycles. The number of rotatable bonds is 7. The number of hydrogen-bond donors (Lipinski definition) is 0. The van der Waals surface area contributed by atoms with Gasteiger partial charge in [-0.25, -0.2) is 0 Å². The van der Waals surface area contributed by atoms with Gasteiger partial charge in [0.05, 0.1) is 1.37 Å². The molecule has 0 aliphatic rings. The Kier molecular flexibility index (Phi) is 6.92. The number of hydrogen-bond acceptors (Lipinski definition) is 2. The Hall–Kier alpha value is -6.12. The fourth-order valence-corrected chi connectivity index (χ4v) is 6.42. The third-order valence-corrected chi connectivity index (χ3v) is 8.41. The predicted molar refractivity (Wildman–Crippen MR) is 194 cm³/mol. The molecule has 46 heavy (non-hydrogen) atoms. The minimum absolute atomic E-state index is 0.471. The van der Waals surface area contributed by atoms with E-state index in [-0.39, 0.29) is 0 Å². The molecule has 0 aliphatic heterocycles. The zero-order valence-corrected chi connectivity index (χ0v) is 25.2. The maximum absolute atomic E-state index is 8.19. The van der Waals surface area contributed by atoms with Crippen LogP contribution in [0.1, 0.15) is 1.37 Å². The van der Waals surface area contributed by atoms with E-state index in [1.165, 1.54) is 38.2 Å². The van der Waals surface area contributed by atoms with Crippen LogP contribution in [0.15, 0.2) is 188 Å². The van der Waals surface area contributed by atoms with Crippen molar-refractivity contribution in [1.82, 2.24) is 0 Å². The van der Waals surface area contributed by atoms with Crippen LogP contribution in [-0.4, -0.2) is 0 Å². The molecule has 0 fully saturated rings. The second-order valence-corrected chi connectivity index (χ2v) is 11.3. The molecule has 0 unspecified atom stereocenters. The minimum Gasteiger partial charge on any atom is -0.457 e. The Balaban J connectivity index is 1.17. The van der Waals surface area contributed by atoms with Crippen molar-refractivity contribution in [3.8, 4) is 33.8 Å². The molecular formula is C44H31NO. The van der Waals surface area contributed by atoms with Gasteiger partial charge in [-0.1, -0.05) is 127 Å². The van der Waals surface area contributed by atoms with E-state index in [9.17, 15) is 0 Å². The Bertz CT molecular complexity index is 2280. The molecule has 2 nitrogen and oxygen atoms in total. The highest BCUT2D eigenvalue weighted by Crippen LogP contribution is 2.44. The summed E-state index contributed by atoms with van der Waals surface area (Å²) in [7, 11) is 0. The maximum Gasteiger partial charge on any atom is 0.128 e. The lowest BCUT2D eigenvalue weighted by molar-refractivity contribution is 0.483. The zero-order chi connectivity index (χ0) is 31.6. The van der Waals surface area contributed by atoms with Gasteiger partial charge >= 0.3 is 0 Å². The smallest absolute Gasteiger partial charge is 0.128 e. The van der Waals surface area contributed by atoms with Gasteiger partial charge in [0.2, 0.25) is 0 Å². The van der Waals surface area contributed by atoms with Crippen molar-refractivity contribution in [2.24, 2.45) is 0 Å². The molecule has 0 aliphatic carbocycles. The first kappa shape index (κ1) is 26.3. The third kappa shape index (κ3) is 5.16. The molecule has 0 spiro atoms. The summed E-state index contributed by atoms with van der Waals surface area (Å²) in [5.41, 5.74) is 7.72. The molecule has 0 atom stereocenters. The number of ether oxygens (including phenoxy) is 1. The van der Waals surface area contributed by atoms with E-state index < -0.39 is 0 Å². The molecule has 8 rings (SSSR count). The van der Waals surface area contributed by atoms with E-state index >= 15 is 0 Å². The van der Waals surface area contributed by atoms with Gasteiger partial charge in [0.25, 0.3) is 0 Å². The van der Waals surface area contributed by atoms with E-state index in [0.717, 1.165) is 34.1 Å². The van der Waals surface area contributed by atoms with Crippen LogP contribution in [0, 0.1) is 0 Å². The number of fused-ring (bicyclic) bond motifs is 2. The van der Waals surface area contributed by atoms with Crippen molar-refractivity contribution in [2.45, 2.75) is 0 Å². The van der Waals surface area contributed by atoms with Gasteiger partial charge in [0.1, 0.15) is 11.5 Å². The highest BCUT2D eigenvalue weighted by atomic mass is 16.5. The first-order valence-electron chi connectivity index (χ1n) is 16.0. The average molecular weight is 592 g/mol. The Morgan fingerprint density at radius 1 is 0.370 bits per heavy atom. The zero-order valence-electron chi connectivity index (χ0n) is 26.2. The van der Waals surface area contributed by atoms with Crippen LogP contribution < -0.4 is 9.64 Å². The molecule has 0 heterocycles. The van der Waals surface area contributed by atoms with E-state index in [0.29, 0.717) is 6.04 Å². The molecule has 0 amide bonds. The monoisotopic (exact) mass is 591 g/mol. The fraction of sp³-hybridized carbons (Fsp3) is 0. The molecule has 0 saturated heterocycles. The lowest BCUT2D eigenvalue weighted by atomic mass is 9.86. The Labute approximate surface area is 270 Å². The van der Waals surface area contributed by atoms with Crippen LogP contribution >= 0.6 is 0 Å². The summed E-state index contributed by atoms with van der Waals surface area (Å²) >= 11 is 0. The number of anilines is 3. The van der Waals surface area contributed by atoms with Crippen molar-refractivity contribution >= 4 is 38.6 Å². The van der Waals surface area contributed by atoms with Crippen LogP contribution in [0.2, 0.25) is 0 Å². The van der Waals surface area contributed by atoms with Crippen LogP contribution in [0.5, 0.6) is 11.5 Å². The summed E-state index contributed by atoms with van der Waals surface area (Å²) in [6.45, 7) is 0. The van der Waals surface area contributed by atoms with E-state index in [4.69, 9.17) is 6.11 Å². The molecule has 8 aromatic carbocycles. The topological polar surface area (TPSA) is 12.5 Å². The fourth-order valence-electron chi connectivity index (χ4n) is 6.42. The number of para-hydroxylation sites is 2. The second kappa shape index (κ2) is 12.1. The molecule has 0 bridgehead atoms. The molecule has 8 aromatic rings. The molecule has 0 aromatic heterocycles. The molecule has 2 heteroatoms. The number of nitrogens with zero attached hydrogens (tertiary/aromatic N) is 1. The largest absolute Gasteiger partial charge is 0.457 e. The summed E-state index contributed by atoms with van der Waals surface area (Å²) in [6.07, 6.45) is 0. The average Bonchev–Trinajstić information content (AvgIpc) is 3.12. The first-order valence-corrected chi connectivity index (χ1v) is 15.5. The Morgan fingerprint density at radius 3 is 1.46 bits per heavy atom. The van der Waals surface area contributed by atoms with E-state index in [1.54, 1.807) is 6.07 Å². The van der Waals surface area contributed by atoms with Crippen LogP contribution in [0.4, 0.5) is 17.1 Å². The predicted octanol–water partition coefficient (Wildman–Crippen LogP) is 12.6. The van der Waals surface area contributed by atoms with Crippen LogP contribution in [0.25, 0.3) is 43.8 Å². The highest BCUT2D eigenvalue weighted by Gasteiger charge is 2.17. The Morgan fingerprint density at radius 2 is 0.848 bits per heavy atom. The van der Waals surface area contributed by atoms with Crippen molar-refractivity contribution in [1.29, 1.82) is 0 Å². The van der Waals surface area contributed by atoms with Gasteiger partial charge in [-0.2, -0.15) is 0 Å². The van der Waals surface area contributed by atoms with Crippen LogP contribution in [0.3, 0.4) is 0 Å². The lowest BCUT2D eigenvalue weighted by Gasteiger charge is -2.25. The maximum atomic E-state index is 8.19. The van der Waals surface area contributed by atoms with Crippen molar-refractivity contribution in [2.75, 3.05) is 4.90 Å². The first-order chi connectivity index (χ1) is 23.2. The van der Waals surface area contributed by atoms with Gasteiger partial charge < -0.3 is 9.64 Å². The molecule has 0 N–H and O–H groups in total. The molecule has 0 radical (unpaired) electrons. The summed E-state index contributed by atoms with van der Waals surface area (Å²) in [5, 5.41) is 4.88. The van der Waals surface area contributed by atoms with Gasteiger partial charge in [-0.05, 0) is 104 Å². The standard InChI is InChI=1S/C44H31NO/c1-4-15-32(16-5-1)43-39-23-10-12-25-41(39)44(42-26-13-11-24-40(42)43)33-17-14-22-38(31-33)46-37-29-27-36(28-30-37)45(34-18-6-2-7-19-34)35-20-8-3-9-21-35/h1-31H/i6T. The lowest BCUT2D eigenvalue weighted by Crippen LogP contribution is -2.09. The summed E-state index contributed by atoms with van der Waals surface area (Å²) in [5.74, 6) is 1.53. The third-order valence-electron chi connectivity index (χ3n) is 8.41. The molecular weight excluding hydrogens is 558 g/mol. The van der Waals surface area contributed by atoms with E-state index in [1.807, 2.05) is 54.6 Å². The highest BCUT2D eigenvalue weighted by molar-refractivity contribution is 6.21.